The normalized spacial score (nSPS) is 11.7. The number of hydrogen-bond donors (Lipinski definition) is 2. The average molecular weight is 484 g/mol. The number of aliphatic hydroxyl groups excluding tert-OH is 2. The van der Waals surface area contributed by atoms with E-state index in [-0.39, 0.29) is 30.3 Å². The Morgan fingerprint density at radius 2 is 0.818 bits per heavy atom. The zero-order valence-corrected chi connectivity index (χ0v) is 18.8. The van der Waals surface area contributed by atoms with E-state index in [0.717, 1.165) is 22.3 Å². The minimum absolute atomic E-state index is 0. The predicted octanol–water partition coefficient (Wildman–Crippen LogP) is 5.61. The molecule has 0 spiro atoms. The number of hydrogen-bond acceptors (Lipinski definition) is 4. The summed E-state index contributed by atoms with van der Waals surface area (Å²) in [5.74, 6) is 0. The molecule has 0 aliphatic rings. The molecular formula is C28H24CuN2O2. The average Bonchev–Trinajstić information content (AvgIpc) is 2.87. The van der Waals surface area contributed by atoms with Crippen LogP contribution >= 0.6 is 0 Å². The third-order valence-electron chi connectivity index (χ3n) is 5.11. The molecule has 4 aromatic carbocycles. The second-order valence-electron chi connectivity index (χ2n) is 7.23. The van der Waals surface area contributed by atoms with Gasteiger partial charge in [-0.3, -0.25) is 0 Å². The van der Waals surface area contributed by atoms with E-state index in [0.29, 0.717) is 22.8 Å². The van der Waals surface area contributed by atoms with Crippen LogP contribution in [0.5, 0.6) is 0 Å². The van der Waals surface area contributed by atoms with Gasteiger partial charge < -0.3 is 10.2 Å². The van der Waals surface area contributed by atoms with Gasteiger partial charge in [0.2, 0.25) is 0 Å². The number of rotatable bonds is 7. The van der Waals surface area contributed by atoms with E-state index in [1.165, 1.54) is 0 Å². The van der Waals surface area contributed by atoms with Crippen LogP contribution in [0, 0.1) is 0 Å². The molecule has 1 radical (unpaired) electrons. The van der Waals surface area contributed by atoms with Crippen molar-refractivity contribution < 1.29 is 27.3 Å². The Morgan fingerprint density at radius 1 is 0.485 bits per heavy atom. The van der Waals surface area contributed by atoms with Gasteiger partial charge in [-0.05, 0) is 12.1 Å². The first-order valence-electron chi connectivity index (χ1n) is 10.5. The van der Waals surface area contributed by atoms with Crippen LogP contribution in [0.1, 0.15) is 22.3 Å². The summed E-state index contributed by atoms with van der Waals surface area (Å²) in [5.41, 5.74) is 6.04. The minimum atomic E-state index is -0.104. The maximum atomic E-state index is 9.83. The summed E-state index contributed by atoms with van der Waals surface area (Å²) in [4.78, 5) is 9.98. The Morgan fingerprint density at radius 3 is 1.18 bits per heavy atom. The van der Waals surface area contributed by atoms with Gasteiger partial charge in [-0.2, -0.15) is 0 Å². The summed E-state index contributed by atoms with van der Waals surface area (Å²) < 4.78 is 0. The van der Waals surface area contributed by atoms with Crippen molar-refractivity contribution in [2.75, 3.05) is 0 Å². The smallest absolute Gasteiger partial charge is 0.0972 e. The van der Waals surface area contributed by atoms with E-state index in [2.05, 4.69) is 0 Å². The Bertz CT molecular complexity index is 1140. The van der Waals surface area contributed by atoms with Crippen molar-refractivity contribution in [1.29, 1.82) is 0 Å². The minimum Gasteiger partial charge on any atom is -0.392 e. The molecule has 0 atom stereocenters. The fourth-order valence-corrected chi connectivity index (χ4v) is 3.45. The van der Waals surface area contributed by atoms with E-state index in [1.54, 1.807) is 0 Å². The second kappa shape index (κ2) is 12.0. The molecule has 4 nitrogen and oxygen atoms in total. The Balaban J connectivity index is 0.00000306. The molecule has 33 heavy (non-hydrogen) atoms. The summed E-state index contributed by atoms with van der Waals surface area (Å²) in [6.07, 6.45) is 0. The molecule has 0 aromatic heterocycles. The SMILES string of the molecule is OCc1ccccc1N=C(C(=Nc1ccccc1CO)c1ccccc1)c1ccccc1.[Cu]. The van der Waals surface area contributed by atoms with Gasteiger partial charge in [0.15, 0.2) is 0 Å². The molecule has 0 saturated carbocycles. The van der Waals surface area contributed by atoms with Gasteiger partial charge in [-0.25, -0.2) is 9.98 Å². The van der Waals surface area contributed by atoms with Crippen LogP contribution in [0.3, 0.4) is 0 Å². The van der Waals surface area contributed by atoms with Crippen molar-refractivity contribution in [2.24, 2.45) is 9.98 Å². The molecule has 0 amide bonds. The van der Waals surface area contributed by atoms with Crippen LogP contribution < -0.4 is 0 Å². The Hall–Kier alpha value is -3.34. The zero-order chi connectivity index (χ0) is 22.2. The number of para-hydroxylation sites is 2. The van der Waals surface area contributed by atoms with Gasteiger partial charge in [0.1, 0.15) is 0 Å². The standard InChI is InChI=1S/C28H24N2O2.Cu/c31-19-23-15-7-9-17-25(23)29-27(21-11-3-1-4-12-21)28(22-13-5-2-6-14-22)30-26-18-10-8-16-24(26)20-32;/h1-18,31-32H,19-20H2;. The van der Waals surface area contributed by atoms with E-state index in [9.17, 15) is 10.2 Å². The molecule has 2 N–H and O–H groups in total. The van der Waals surface area contributed by atoms with Gasteiger partial charge >= 0.3 is 0 Å². The molecule has 0 unspecified atom stereocenters. The summed E-state index contributed by atoms with van der Waals surface area (Å²) >= 11 is 0. The second-order valence-corrected chi connectivity index (χ2v) is 7.23. The fourth-order valence-electron chi connectivity index (χ4n) is 3.45. The third kappa shape index (κ3) is 5.92. The van der Waals surface area contributed by atoms with Crippen molar-refractivity contribution in [3.63, 3.8) is 0 Å². The van der Waals surface area contributed by atoms with Crippen LogP contribution in [0.25, 0.3) is 0 Å². The molecule has 0 fully saturated rings. The summed E-state index contributed by atoms with van der Waals surface area (Å²) in [6, 6.07) is 34.9. The zero-order valence-electron chi connectivity index (χ0n) is 17.9. The van der Waals surface area contributed by atoms with Gasteiger partial charge in [-0.15, -0.1) is 0 Å². The Labute approximate surface area is 204 Å². The van der Waals surface area contributed by atoms with Crippen molar-refractivity contribution in [3.05, 3.63) is 131 Å². The maximum Gasteiger partial charge on any atom is 0.0972 e. The van der Waals surface area contributed by atoms with Crippen LogP contribution in [-0.4, -0.2) is 21.6 Å². The molecule has 0 aliphatic carbocycles. The first kappa shape index (κ1) is 24.3. The van der Waals surface area contributed by atoms with Crippen molar-refractivity contribution in [1.82, 2.24) is 0 Å². The molecule has 0 aliphatic heterocycles. The summed E-state index contributed by atoms with van der Waals surface area (Å²) in [5, 5.41) is 19.7. The van der Waals surface area contributed by atoms with E-state index in [4.69, 9.17) is 9.98 Å². The van der Waals surface area contributed by atoms with Gasteiger partial charge in [-0.1, -0.05) is 97.1 Å². The van der Waals surface area contributed by atoms with E-state index >= 15 is 0 Å². The molecular weight excluding hydrogens is 460 g/mol. The molecule has 0 heterocycles. The summed E-state index contributed by atoms with van der Waals surface area (Å²) in [7, 11) is 0. The first-order valence-corrected chi connectivity index (χ1v) is 10.5. The van der Waals surface area contributed by atoms with Gasteiger partial charge in [0, 0.05) is 39.3 Å². The maximum absolute atomic E-state index is 9.83. The Kier molecular flexibility index (Phi) is 8.87. The van der Waals surface area contributed by atoms with Crippen LogP contribution in [0.4, 0.5) is 11.4 Å². The van der Waals surface area contributed by atoms with Crippen LogP contribution in [0.2, 0.25) is 0 Å². The van der Waals surface area contributed by atoms with Crippen LogP contribution in [-0.2, 0) is 30.3 Å². The van der Waals surface area contributed by atoms with Crippen molar-refractivity contribution >= 4 is 22.8 Å². The molecule has 0 saturated heterocycles. The number of benzene rings is 4. The number of aliphatic imine (C=N–C) groups is 2. The van der Waals surface area contributed by atoms with E-state index < -0.39 is 0 Å². The van der Waals surface area contributed by atoms with Crippen molar-refractivity contribution in [3.8, 4) is 0 Å². The molecule has 0 bridgehead atoms. The van der Waals surface area contributed by atoms with Gasteiger partial charge in [0.25, 0.3) is 0 Å². The molecule has 5 heteroatoms. The van der Waals surface area contributed by atoms with Crippen molar-refractivity contribution in [2.45, 2.75) is 13.2 Å². The molecule has 4 rings (SSSR count). The fraction of sp³-hybridized carbons (Fsp3) is 0.0714. The first-order chi connectivity index (χ1) is 15.8. The number of aliphatic hydroxyl groups is 2. The third-order valence-corrected chi connectivity index (χ3v) is 5.11. The predicted molar refractivity (Wildman–Crippen MR) is 130 cm³/mol. The monoisotopic (exact) mass is 483 g/mol. The summed E-state index contributed by atoms with van der Waals surface area (Å²) in [6.45, 7) is -0.209. The topological polar surface area (TPSA) is 65.2 Å². The van der Waals surface area contributed by atoms with Gasteiger partial charge in [0.05, 0.1) is 36.0 Å². The van der Waals surface area contributed by atoms with Crippen LogP contribution in [0.15, 0.2) is 119 Å². The largest absolute Gasteiger partial charge is 0.392 e. The molecule has 169 valence electrons. The number of nitrogens with zero attached hydrogens (tertiary/aromatic N) is 2. The van der Waals surface area contributed by atoms with E-state index in [1.807, 2.05) is 109 Å². The molecule has 4 aromatic rings. The quantitative estimate of drug-likeness (QED) is 0.265.